The summed E-state index contributed by atoms with van der Waals surface area (Å²) in [7, 11) is 0. The highest BCUT2D eigenvalue weighted by atomic mass is 16.3. The predicted molar refractivity (Wildman–Crippen MR) is 232 cm³/mol. The Morgan fingerprint density at radius 2 is 0.737 bits per heavy atom. The molecule has 0 unspecified atom stereocenters. The van der Waals surface area contributed by atoms with Gasteiger partial charge in [0, 0.05) is 37.9 Å². The SMILES string of the molecule is c1ccc(-c2ccc3c(c2)c2ccccc2n3-c2nc(-c3ccc4oc5ccccc5c4c3)nc(-n3c4ccccc4c4cc(-c5ccccc5)ccc43)n2)cc1. The van der Waals surface area contributed by atoms with Crippen LogP contribution in [0.4, 0.5) is 0 Å². The molecule has 0 bridgehead atoms. The van der Waals surface area contributed by atoms with E-state index in [-0.39, 0.29) is 0 Å². The molecule has 12 aromatic rings. The van der Waals surface area contributed by atoms with Crippen LogP contribution < -0.4 is 0 Å². The molecule has 6 nitrogen and oxygen atoms in total. The van der Waals surface area contributed by atoms with Gasteiger partial charge >= 0.3 is 0 Å². The zero-order chi connectivity index (χ0) is 37.5. The number of furan rings is 1. The zero-order valence-electron chi connectivity index (χ0n) is 30.5. The molecular weight excluding hydrogens is 699 g/mol. The average molecular weight is 730 g/mol. The zero-order valence-corrected chi connectivity index (χ0v) is 30.5. The number of nitrogens with zero attached hydrogens (tertiary/aromatic N) is 5. The van der Waals surface area contributed by atoms with Gasteiger partial charge in [-0.05, 0) is 82.9 Å². The van der Waals surface area contributed by atoms with Gasteiger partial charge in [-0.3, -0.25) is 9.13 Å². The van der Waals surface area contributed by atoms with Crippen LogP contribution in [0, 0.1) is 0 Å². The average Bonchev–Trinajstić information content (AvgIpc) is 3.94. The maximum Gasteiger partial charge on any atom is 0.240 e. The van der Waals surface area contributed by atoms with Crippen molar-refractivity contribution in [1.82, 2.24) is 24.1 Å². The fraction of sp³-hybridized carbons (Fsp3) is 0. The molecule has 0 spiro atoms. The minimum Gasteiger partial charge on any atom is -0.456 e. The van der Waals surface area contributed by atoms with Gasteiger partial charge in [-0.2, -0.15) is 15.0 Å². The molecule has 0 aliphatic heterocycles. The van der Waals surface area contributed by atoms with Crippen molar-refractivity contribution in [2.75, 3.05) is 0 Å². The highest BCUT2D eigenvalue weighted by molar-refractivity contribution is 6.12. The summed E-state index contributed by atoms with van der Waals surface area (Å²) < 4.78 is 10.6. The van der Waals surface area contributed by atoms with Crippen molar-refractivity contribution < 1.29 is 4.42 Å². The smallest absolute Gasteiger partial charge is 0.240 e. The maximum atomic E-state index is 6.22. The Bertz CT molecular complexity index is 3350. The van der Waals surface area contributed by atoms with E-state index < -0.39 is 0 Å². The van der Waals surface area contributed by atoms with Crippen LogP contribution in [0.3, 0.4) is 0 Å². The minimum atomic E-state index is 0.539. The fourth-order valence-electron chi connectivity index (χ4n) is 8.55. The fourth-order valence-corrected chi connectivity index (χ4v) is 8.55. The van der Waals surface area contributed by atoms with Crippen LogP contribution in [0.25, 0.3) is 111 Å². The Balaban J connectivity index is 1.15. The third-order valence-corrected chi connectivity index (χ3v) is 11.2. The van der Waals surface area contributed by atoms with Crippen LogP contribution in [0.2, 0.25) is 0 Å². The first kappa shape index (κ1) is 31.5. The van der Waals surface area contributed by atoms with Crippen LogP contribution in [0.5, 0.6) is 0 Å². The van der Waals surface area contributed by atoms with Crippen molar-refractivity contribution in [2.45, 2.75) is 0 Å². The lowest BCUT2D eigenvalue weighted by atomic mass is 10.0. The maximum absolute atomic E-state index is 6.22. The largest absolute Gasteiger partial charge is 0.456 e. The van der Waals surface area contributed by atoms with Crippen LogP contribution in [-0.4, -0.2) is 24.1 Å². The van der Waals surface area contributed by atoms with Gasteiger partial charge in [0.15, 0.2) is 5.82 Å². The highest BCUT2D eigenvalue weighted by Crippen LogP contribution is 2.38. The first-order chi connectivity index (χ1) is 28.2. The molecule has 0 saturated heterocycles. The Hall–Kier alpha value is -7.83. The van der Waals surface area contributed by atoms with E-state index in [1.165, 1.54) is 11.1 Å². The van der Waals surface area contributed by atoms with Gasteiger partial charge < -0.3 is 4.42 Å². The van der Waals surface area contributed by atoms with Crippen molar-refractivity contribution in [3.8, 4) is 45.5 Å². The lowest BCUT2D eigenvalue weighted by molar-refractivity contribution is 0.669. The molecule has 0 fully saturated rings. The summed E-state index contributed by atoms with van der Waals surface area (Å²) in [5.74, 6) is 1.65. The molecule has 0 atom stereocenters. The van der Waals surface area contributed by atoms with Crippen molar-refractivity contribution in [3.05, 3.63) is 188 Å². The molecule has 4 aromatic heterocycles. The molecule has 0 amide bonds. The van der Waals surface area contributed by atoms with E-state index in [0.717, 1.165) is 82.2 Å². The van der Waals surface area contributed by atoms with Gasteiger partial charge in [0.1, 0.15) is 11.2 Å². The number of hydrogen-bond donors (Lipinski definition) is 0. The summed E-state index contributed by atoms with van der Waals surface area (Å²) in [5, 5.41) is 6.59. The summed E-state index contributed by atoms with van der Waals surface area (Å²) in [6.07, 6.45) is 0. The number of fused-ring (bicyclic) bond motifs is 9. The van der Waals surface area contributed by atoms with Crippen molar-refractivity contribution >= 4 is 65.6 Å². The topological polar surface area (TPSA) is 61.7 Å². The van der Waals surface area contributed by atoms with Crippen molar-refractivity contribution in [1.29, 1.82) is 0 Å². The van der Waals surface area contributed by atoms with Gasteiger partial charge in [0.2, 0.25) is 11.9 Å². The number of rotatable bonds is 5. The number of benzene rings is 8. The number of para-hydroxylation sites is 3. The van der Waals surface area contributed by atoms with Gasteiger partial charge in [0.25, 0.3) is 0 Å². The van der Waals surface area contributed by atoms with Gasteiger partial charge in [-0.25, -0.2) is 0 Å². The second kappa shape index (κ2) is 12.3. The standard InChI is InChI=1S/C51H31N5O/c1-3-13-32(14-4-1)34-23-26-45-40(29-34)37-17-7-10-20-43(37)55(45)50-52-49(36-25-28-48-42(31-36)39-19-9-12-22-47(39)57-48)53-51(54-50)56-44-21-11-8-18-38(44)41-30-35(24-27-46(41)56)33-15-5-2-6-16-33/h1-31H. The van der Waals surface area contributed by atoms with Crippen LogP contribution >= 0.6 is 0 Å². The van der Waals surface area contributed by atoms with Crippen molar-refractivity contribution in [3.63, 3.8) is 0 Å². The first-order valence-corrected chi connectivity index (χ1v) is 19.1. The van der Waals surface area contributed by atoms with Crippen LogP contribution in [-0.2, 0) is 0 Å². The summed E-state index contributed by atoms with van der Waals surface area (Å²) in [6, 6.07) is 65.7. The monoisotopic (exact) mass is 729 g/mol. The first-order valence-electron chi connectivity index (χ1n) is 19.1. The molecule has 0 saturated carbocycles. The van der Waals surface area contributed by atoms with E-state index in [9.17, 15) is 0 Å². The molecule has 4 heterocycles. The third-order valence-electron chi connectivity index (χ3n) is 11.2. The van der Waals surface area contributed by atoms with Crippen LogP contribution in [0.15, 0.2) is 192 Å². The van der Waals surface area contributed by atoms with Gasteiger partial charge in [-0.15, -0.1) is 0 Å². The molecule has 6 heteroatoms. The van der Waals surface area contributed by atoms with Crippen LogP contribution in [0.1, 0.15) is 0 Å². The molecule has 0 aliphatic carbocycles. The number of aromatic nitrogens is 5. The summed E-state index contributed by atoms with van der Waals surface area (Å²) in [5.41, 5.74) is 11.3. The summed E-state index contributed by atoms with van der Waals surface area (Å²) in [4.78, 5) is 16.0. The Labute approximate surface area is 326 Å². The lowest BCUT2D eigenvalue weighted by Crippen LogP contribution is -2.10. The second-order valence-electron chi connectivity index (χ2n) is 14.5. The van der Waals surface area contributed by atoms with E-state index in [2.05, 4.69) is 167 Å². The number of hydrogen-bond acceptors (Lipinski definition) is 4. The molecule has 8 aromatic carbocycles. The van der Waals surface area contributed by atoms with Gasteiger partial charge in [-0.1, -0.05) is 127 Å². The van der Waals surface area contributed by atoms with E-state index in [1.54, 1.807) is 0 Å². The van der Waals surface area contributed by atoms with E-state index >= 15 is 0 Å². The van der Waals surface area contributed by atoms with Gasteiger partial charge in [0.05, 0.1) is 22.1 Å². The van der Waals surface area contributed by atoms with E-state index in [0.29, 0.717) is 17.7 Å². The quantitative estimate of drug-likeness (QED) is 0.177. The normalized spacial score (nSPS) is 11.9. The molecule has 266 valence electrons. The Kier molecular flexibility index (Phi) is 6.83. The Morgan fingerprint density at radius 3 is 1.32 bits per heavy atom. The van der Waals surface area contributed by atoms with E-state index in [1.807, 2.05) is 30.3 Å². The molecular formula is C51H31N5O. The lowest BCUT2D eigenvalue weighted by Gasteiger charge is -2.13. The summed E-state index contributed by atoms with van der Waals surface area (Å²) >= 11 is 0. The third kappa shape index (κ3) is 4.94. The highest BCUT2D eigenvalue weighted by Gasteiger charge is 2.22. The summed E-state index contributed by atoms with van der Waals surface area (Å²) in [6.45, 7) is 0. The van der Waals surface area contributed by atoms with Crippen molar-refractivity contribution in [2.24, 2.45) is 0 Å². The molecule has 0 N–H and O–H groups in total. The molecule has 0 radical (unpaired) electrons. The minimum absolute atomic E-state index is 0.539. The molecule has 0 aliphatic rings. The Morgan fingerprint density at radius 1 is 0.298 bits per heavy atom. The molecule has 12 rings (SSSR count). The molecule has 57 heavy (non-hydrogen) atoms. The van der Waals surface area contributed by atoms with E-state index in [4.69, 9.17) is 19.4 Å². The predicted octanol–water partition coefficient (Wildman–Crippen LogP) is 13.0. The second-order valence-corrected chi connectivity index (χ2v) is 14.5.